The van der Waals surface area contributed by atoms with Crippen LogP contribution in [0.25, 0.3) is 22.6 Å². The van der Waals surface area contributed by atoms with Gasteiger partial charge >= 0.3 is 0 Å². The van der Waals surface area contributed by atoms with Crippen LogP contribution in [-0.4, -0.2) is 49.3 Å². The Morgan fingerprint density at radius 2 is 1.97 bits per heavy atom. The highest BCUT2D eigenvalue weighted by molar-refractivity contribution is 7.89. The predicted molar refractivity (Wildman–Crippen MR) is 107 cm³/mol. The van der Waals surface area contributed by atoms with Crippen molar-refractivity contribution in [3.05, 3.63) is 42.4 Å². The first-order valence-electron chi connectivity index (χ1n) is 9.21. The zero-order chi connectivity index (χ0) is 20.0. The summed E-state index contributed by atoms with van der Waals surface area (Å²) < 4.78 is 43.5. The molecule has 4 heterocycles. The van der Waals surface area contributed by atoms with E-state index >= 15 is 0 Å². The van der Waals surface area contributed by atoms with Crippen LogP contribution < -0.4 is 0 Å². The third kappa shape index (κ3) is 3.15. The lowest BCUT2D eigenvalue weighted by Gasteiger charge is -2.29. The molecule has 0 aliphatic carbocycles. The minimum atomic E-state index is -3.63. The molecule has 4 aromatic rings. The van der Waals surface area contributed by atoms with E-state index in [1.165, 1.54) is 4.31 Å². The van der Waals surface area contributed by atoms with E-state index in [0.29, 0.717) is 48.7 Å². The molecular formula is C18H18N6O3S2. The Hall–Kier alpha value is -2.63. The summed E-state index contributed by atoms with van der Waals surface area (Å²) in [5.74, 6) is 1.15. The molecule has 1 aliphatic heterocycles. The first-order valence-corrected chi connectivity index (χ1v) is 11.4. The Balaban J connectivity index is 1.34. The van der Waals surface area contributed by atoms with E-state index in [0.717, 1.165) is 17.4 Å². The molecule has 0 amide bonds. The van der Waals surface area contributed by atoms with Crippen LogP contribution >= 0.6 is 11.7 Å². The van der Waals surface area contributed by atoms with E-state index in [2.05, 4.69) is 18.9 Å². The van der Waals surface area contributed by atoms with Crippen molar-refractivity contribution in [2.75, 3.05) is 13.1 Å². The summed E-state index contributed by atoms with van der Waals surface area (Å²) in [5.41, 5.74) is 1.92. The number of piperidine rings is 1. The van der Waals surface area contributed by atoms with Crippen molar-refractivity contribution in [1.29, 1.82) is 0 Å². The second-order valence-electron chi connectivity index (χ2n) is 7.03. The van der Waals surface area contributed by atoms with Crippen molar-refractivity contribution in [1.82, 2.24) is 27.8 Å². The van der Waals surface area contributed by atoms with Crippen molar-refractivity contribution in [3.8, 4) is 11.5 Å². The molecule has 0 unspecified atom stereocenters. The van der Waals surface area contributed by atoms with Crippen LogP contribution in [0.5, 0.6) is 0 Å². The monoisotopic (exact) mass is 430 g/mol. The zero-order valence-corrected chi connectivity index (χ0v) is 17.2. The molecule has 1 fully saturated rings. The first kappa shape index (κ1) is 18.4. The average Bonchev–Trinajstić information content (AvgIpc) is 3.47. The van der Waals surface area contributed by atoms with Gasteiger partial charge in [0.25, 0.3) is 0 Å². The van der Waals surface area contributed by atoms with Gasteiger partial charge in [-0.2, -0.15) is 18.0 Å². The number of hydrogen-bond acceptors (Lipinski definition) is 8. The fourth-order valence-corrected chi connectivity index (χ4v) is 5.89. The third-order valence-corrected chi connectivity index (χ3v) is 7.76. The number of rotatable bonds is 4. The van der Waals surface area contributed by atoms with Crippen LogP contribution in [0.2, 0.25) is 0 Å². The first-order chi connectivity index (χ1) is 14.0. The van der Waals surface area contributed by atoms with Crippen LogP contribution in [-0.2, 0) is 17.1 Å². The fraction of sp³-hybridized carbons (Fsp3) is 0.333. The van der Waals surface area contributed by atoms with Gasteiger partial charge in [-0.05, 0) is 37.1 Å². The second kappa shape index (κ2) is 7.01. The number of aromatic nitrogens is 5. The summed E-state index contributed by atoms with van der Waals surface area (Å²) in [6, 6.07) is 8.91. The summed E-state index contributed by atoms with van der Waals surface area (Å²) in [7, 11) is -1.71. The van der Waals surface area contributed by atoms with Gasteiger partial charge in [-0.1, -0.05) is 11.2 Å². The van der Waals surface area contributed by atoms with Gasteiger partial charge in [0.15, 0.2) is 0 Å². The van der Waals surface area contributed by atoms with Crippen molar-refractivity contribution < 1.29 is 12.9 Å². The Labute approximate surface area is 171 Å². The van der Waals surface area contributed by atoms with E-state index in [-0.39, 0.29) is 10.8 Å². The third-order valence-electron chi connectivity index (χ3n) is 5.28. The molecule has 1 saturated heterocycles. The molecule has 11 heteroatoms. The number of sulfonamides is 1. The fourth-order valence-electron chi connectivity index (χ4n) is 3.67. The number of benzene rings is 1. The molecule has 1 aromatic carbocycles. The highest BCUT2D eigenvalue weighted by Gasteiger charge is 2.33. The van der Waals surface area contributed by atoms with Gasteiger partial charge < -0.3 is 9.09 Å². The molecule has 3 aromatic heterocycles. The van der Waals surface area contributed by atoms with Crippen molar-refractivity contribution in [3.63, 3.8) is 0 Å². The van der Waals surface area contributed by atoms with E-state index in [4.69, 9.17) is 4.52 Å². The van der Waals surface area contributed by atoms with Crippen molar-refractivity contribution in [2.45, 2.75) is 23.7 Å². The van der Waals surface area contributed by atoms with E-state index in [9.17, 15) is 8.42 Å². The molecule has 0 spiro atoms. The molecule has 0 N–H and O–H groups in total. The second-order valence-corrected chi connectivity index (χ2v) is 9.46. The zero-order valence-electron chi connectivity index (χ0n) is 15.6. The lowest BCUT2D eigenvalue weighted by molar-refractivity contribution is 0.271. The number of aryl methyl sites for hydroxylation is 1. The lowest BCUT2D eigenvalue weighted by Crippen LogP contribution is -2.38. The van der Waals surface area contributed by atoms with Gasteiger partial charge in [0.2, 0.25) is 21.7 Å². The number of nitrogens with zero attached hydrogens (tertiary/aromatic N) is 6. The Kier molecular flexibility index (Phi) is 4.45. The minimum Gasteiger partial charge on any atom is -0.348 e. The topological polar surface area (TPSA) is 107 Å². The van der Waals surface area contributed by atoms with Gasteiger partial charge in [-0.15, -0.1) is 0 Å². The summed E-state index contributed by atoms with van der Waals surface area (Å²) in [6.07, 6.45) is 3.17. The Morgan fingerprint density at radius 1 is 1.14 bits per heavy atom. The molecular weight excluding hydrogens is 412 g/mol. The molecule has 5 rings (SSSR count). The molecule has 0 bridgehead atoms. The highest BCUT2D eigenvalue weighted by Crippen LogP contribution is 2.32. The summed E-state index contributed by atoms with van der Waals surface area (Å²) in [5, 5.41) is 4.09. The minimum absolute atomic E-state index is 0.0414. The van der Waals surface area contributed by atoms with E-state index < -0.39 is 10.0 Å². The van der Waals surface area contributed by atoms with Gasteiger partial charge in [0.1, 0.15) is 15.9 Å². The summed E-state index contributed by atoms with van der Waals surface area (Å²) in [4.78, 5) is 4.75. The molecule has 0 radical (unpaired) electrons. The molecule has 1 aliphatic rings. The van der Waals surface area contributed by atoms with Gasteiger partial charge in [-0.25, -0.2) is 8.42 Å². The van der Waals surface area contributed by atoms with E-state index in [1.807, 2.05) is 29.9 Å². The SMILES string of the molecule is Cn1cccc1-c1noc(C2CCN(S(=O)(=O)c3cccc4nsnc34)CC2)n1. The van der Waals surface area contributed by atoms with Crippen LogP contribution in [0.15, 0.2) is 45.9 Å². The van der Waals surface area contributed by atoms with Crippen molar-refractivity contribution in [2.24, 2.45) is 7.05 Å². The molecule has 9 nitrogen and oxygen atoms in total. The predicted octanol–water partition coefficient (Wildman–Crippen LogP) is 2.65. The number of fused-ring (bicyclic) bond motifs is 1. The summed E-state index contributed by atoms with van der Waals surface area (Å²) >= 11 is 1.02. The van der Waals surface area contributed by atoms with Gasteiger partial charge in [0, 0.05) is 32.3 Å². The quantitative estimate of drug-likeness (QED) is 0.490. The largest absolute Gasteiger partial charge is 0.348 e. The van der Waals surface area contributed by atoms with E-state index in [1.54, 1.807) is 18.2 Å². The molecule has 0 saturated carbocycles. The molecule has 29 heavy (non-hydrogen) atoms. The molecule has 150 valence electrons. The smallest absolute Gasteiger partial charge is 0.245 e. The highest BCUT2D eigenvalue weighted by atomic mass is 32.2. The standard InChI is InChI=1S/C18H18N6O3S2/c1-23-9-3-5-14(23)17-19-18(27-20-17)12-7-10-24(11-8-12)29(25,26)15-6-2-4-13-16(15)22-28-21-13/h2-6,9,12H,7-8,10-11H2,1H3. The maximum Gasteiger partial charge on any atom is 0.245 e. The van der Waals surface area contributed by atoms with Crippen LogP contribution in [0, 0.1) is 0 Å². The average molecular weight is 431 g/mol. The maximum atomic E-state index is 13.1. The summed E-state index contributed by atoms with van der Waals surface area (Å²) in [6.45, 7) is 0.783. The van der Waals surface area contributed by atoms with Crippen LogP contribution in [0.4, 0.5) is 0 Å². The Bertz CT molecular complexity index is 1270. The van der Waals surface area contributed by atoms with Crippen LogP contribution in [0.3, 0.4) is 0 Å². The van der Waals surface area contributed by atoms with Crippen LogP contribution in [0.1, 0.15) is 24.7 Å². The molecule has 0 atom stereocenters. The van der Waals surface area contributed by atoms with Gasteiger partial charge in [-0.3, -0.25) is 0 Å². The maximum absolute atomic E-state index is 13.1. The number of hydrogen-bond donors (Lipinski definition) is 0. The van der Waals surface area contributed by atoms with Gasteiger partial charge in [0.05, 0.1) is 17.4 Å². The Morgan fingerprint density at radius 3 is 2.72 bits per heavy atom. The van der Waals surface area contributed by atoms with Crippen molar-refractivity contribution >= 4 is 32.8 Å². The lowest BCUT2D eigenvalue weighted by atomic mass is 9.98. The normalized spacial score (nSPS) is 16.6.